The largest absolute Gasteiger partial charge is 0.376 e. The minimum Gasteiger partial charge on any atom is -0.376 e. The highest BCUT2D eigenvalue weighted by Gasteiger charge is 2.28. The van der Waals surface area contributed by atoms with Crippen LogP contribution in [0.3, 0.4) is 0 Å². The molecule has 3 unspecified atom stereocenters. The number of hydrogen-bond acceptors (Lipinski definition) is 3. The molecule has 1 aliphatic heterocycles. The molecule has 2 fully saturated rings. The van der Waals surface area contributed by atoms with Gasteiger partial charge in [0.1, 0.15) is 0 Å². The summed E-state index contributed by atoms with van der Waals surface area (Å²) in [5.74, 6) is 0.766. The molecule has 2 N–H and O–H groups in total. The van der Waals surface area contributed by atoms with Crippen molar-refractivity contribution in [3.8, 4) is 0 Å². The SMILES string of the molecule is CC1CN(C2CCCC(CN)C2)CCO1. The molecule has 3 heteroatoms. The fourth-order valence-electron chi connectivity index (χ4n) is 2.99. The van der Waals surface area contributed by atoms with Crippen molar-refractivity contribution in [1.29, 1.82) is 0 Å². The fourth-order valence-corrected chi connectivity index (χ4v) is 2.99. The van der Waals surface area contributed by atoms with E-state index < -0.39 is 0 Å². The van der Waals surface area contributed by atoms with E-state index in [1.165, 1.54) is 25.7 Å². The minimum absolute atomic E-state index is 0.414. The first kappa shape index (κ1) is 11.4. The molecule has 0 aromatic rings. The van der Waals surface area contributed by atoms with Crippen LogP contribution in [-0.4, -0.2) is 43.3 Å². The third-order valence-corrected chi connectivity index (χ3v) is 3.88. The summed E-state index contributed by atoms with van der Waals surface area (Å²) in [5, 5.41) is 0. The third kappa shape index (κ3) is 2.92. The summed E-state index contributed by atoms with van der Waals surface area (Å²) in [7, 11) is 0. The second-order valence-electron chi connectivity index (χ2n) is 5.10. The van der Waals surface area contributed by atoms with E-state index in [4.69, 9.17) is 10.5 Å². The molecule has 1 aliphatic carbocycles. The van der Waals surface area contributed by atoms with Crippen LogP contribution in [0.15, 0.2) is 0 Å². The monoisotopic (exact) mass is 212 g/mol. The van der Waals surface area contributed by atoms with E-state index in [0.717, 1.165) is 38.2 Å². The lowest BCUT2D eigenvalue weighted by Gasteiger charge is -2.41. The van der Waals surface area contributed by atoms with Crippen molar-refractivity contribution in [2.75, 3.05) is 26.2 Å². The average Bonchev–Trinajstić information content (AvgIpc) is 2.29. The Kier molecular flexibility index (Phi) is 4.00. The zero-order valence-corrected chi connectivity index (χ0v) is 9.82. The van der Waals surface area contributed by atoms with Crippen LogP contribution in [0.1, 0.15) is 32.6 Å². The van der Waals surface area contributed by atoms with Crippen LogP contribution in [0, 0.1) is 5.92 Å². The second kappa shape index (κ2) is 5.28. The standard InChI is InChI=1S/C12H24N2O/c1-10-9-14(5-6-15-10)12-4-2-3-11(7-12)8-13/h10-12H,2-9,13H2,1H3. The Bertz CT molecular complexity index is 198. The quantitative estimate of drug-likeness (QED) is 0.748. The van der Waals surface area contributed by atoms with Crippen molar-refractivity contribution in [1.82, 2.24) is 4.90 Å². The Morgan fingerprint density at radius 2 is 2.27 bits per heavy atom. The van der Waals surface area contributed by atoms with Crippen LogP contribution in [0.2, 0.25) is 0 Å². The molecule has 0 aromatic heterocycles. The predicted octanol–water partition coefficient (Wildman–Crippen LogP) is 1.22. The van der Waals surface area contributed by atoms with E-state index in [9.17, 15) is 0 Å². The molecule has 2 aliphatic rings. The molecule has 0 bridgehead atoms. The van der Waals surface area contributed by atoms with Gasteiger partial charge in [0.15, 0.2) is 0 Å². The fraction of sp³-hybridized carbons (Fsp3) is 1.00. The van der Waals surface area contributed by atoms with Gasteiger partial charge in [-0.25, -0.2) is 0 Å². The van der Waals surface area contributed by atoms with Crippen LogP contribution >= 0.6 is 0 Å². The van der Waals surface area contributed by atoms with Gasteiger partial charge in [-0.3, -0.25) is 4.90 Å². The highest BCUT2D eigenvalue weighted by molar-refractivity contribution is 4.83. The molecule has 88 valence electrons. The lowest BCUT2D eigenvalue weighted by Crippen LogP contribution is -2.48. The van der Waals surface area contributed by atoms with Crippen LogP contribution < -0.4 is 5.73 Å². The molecule has 1 saturated heterocycles. The first-order chi connectivity index (χ1) is 7.29. The number of ether oxygens (including phenoxy) is 1. The van der Waals surface area contributed by atoms with Crippen LogP contribution in [0.4, 0.5) is 0 Å². The van der Waals surface area contributed by atoms with E-state index in [0.29, 0.717) is 6.10 Å². The summed E-state index contributed by atoms with van der Waals surface area (Å²) >= 11 is 0. The summed E-state index contributed by atoms with van der Waals surface area (Å²) in [6, 6.07) is 0.777. The topological polar surface area (TPSA) is 38.5 Å². The van der Waals surface area contributed by atoms with Crippen molar-refractivity contribution in [3.63, 3.8) is 0 Å². The molecule has 0 aromatic carbocycles. The lowest BCUT2D eigenvalue weighted by molar-refractivity contribution is -0.0424. The van der Waals surface area contributed by atoms with E-state index >= 15 is 0 Å². The smallest absolute Gasteiger partial charge is 0.0674 e. The summed E-state index contributed by atoms with van der Waals surface area (Å²) < 4.78 is 5.59. The third-order valence-electron chi connectivity index (χ3n) is 3.88. The normalized spacial score (nSPS) is 39.2. The molecule has 0 spiro atoms. The maximum atomic E-state index is 5.78. The average molecular weight is 212 g/mol. The van der Waals surface area contributed by atoms with Crippen LogP contribution in [0.25, 0.3) is 0 Å². The molecule has 2 rings (SSSR count). The molecular weight excluding hydrogens is 188 g/mol. The van der Waals surface area contributed by atoms with Crippen molar-refractivity contribution in [2.24, 2.45) is 11.7 Å². The number of hydrogen-bond donors (Lipinski definition) is 1. The van der Waals surface area contributed by atoms with Crippen molar-refractivity contribution >= 4 is 0 Å². The van der Waals surface area contributed by atoms with E-state index in [1.807, 2.05) is 0 Å². The predicted molar refractivity (Wildman–Crippen MR) is 61.8 cm³/mol. The highest BCUT2D eigenvalue weighted by Crippen LogP contribution is 2.28. The Balaban J connectivity index is 1.86. The first-order valence-corrected chi connectivity index (χ1v) is 6.35. The second-order valence-corrected chi connectivity index (χ2v) is 5.10. The molecule has 1 heterocycles. The Hall–Kier alpha value is -0.120. The van der Waals surface area contributed by atoms with Crippen LogP contribution in [0.5, 0.6) is 0 Å². The van der Waals surface area contributed by atoms with E-state index in [2.05, 4.69) is 11.8 Å². The van der Waals surface area contributed by atoms with E-state index in [1.54, 1.807) is 0 Å². The van der Waals surface area contributed by atoms with Crippen molar-refractivity contribution in [2.45, 2.75) is 44.8 Å². The molecule has 1 saturated carbocycles. The maximum Gasteiger partial charge on any atom is 0.0674 e. The summed E-state index contributed by atoms with van der Waals surface area (Å²) in [5.41, 5.74) is 5.78. The highest BCUT2D eigenvalue weighted by atomic mass is 16.5. The molecule has 15 heavy (non-hydrogen) atoms. The molecule has 3 nitrogen and oxygen atoms in total. The summed E-state index contributed by atoms with van der Waals surface area (Å²) in [6.07, 6.45) is 5.79. The van der Waals surface area contributed by atoms with Gasteiger partial charge in [-0.05, 0) is 38.6 Å². The molecule has 0 amide bonds. The Morgan fingerprint density at radius 1 is 1.40 bits per heavy atom. The van der Waals surface area contributed by atoms with Gasteiger partial charge in [0.25, 0.3) is 0 Å². The number of nitrogens with two attached hydrogens (primary N) is 1. The summed E-state index contributed by atoms with van der Waals surface area (Å²) in [4.78, 5) is 2.62. The van der Waals surface area contributed by atoms with Gasteiger partial charge < -0.3 is 10.5 Å². The minimum atomic E-state index is 0.414. The first-order valence-electron chi connectivity index (χ1n) is 6.35. The van der Waals surface area contributed by atoms with Gasteiger partial charge in [-0.15, -0.1) is 0 Å². The zero-order valence-electron chi connectivity index (χ0n) is 9.82. The van der Waals surface area contributed by atoms with Gasteiger partial charge in [0.05, 0.1) is 12.7 Å². The van der Waals surface area contributed by atoms with Gasteiger partial charge in [-0.2, -0.15) is 0 Å². The molecule has 0 radical (unpaired) electrons. The van der Waals surface area contributed by atoms with Crippen molar-refractivity contribution < 1.29 is 4.74 Å². The van der Waals surface area contributed by atoms with Crippen LogP contribution in [-0.2, 0) is 4.74 Å². The van der Waals surface area contributed by atoms with Crippen molar-refractivity contribution in [3.05, 3.63) is 0 Å². The lowest BCUT2D eigenvalue weighted by atomic mass is 9.85. The molecule has 3 atom stereocenters. The van der Waals surface area contributed by atoms with E-state index in [-0.39, 0.29) is 0 Å². The van der Waals surface area contributed by atoms with Gasteiger partial charge in [0, 0.05) is 19.1 Å². The summed E-state index contributed by atoms with van der Waals surface area (Å²) in [6.45, 7) is 6.19. The van der Waals surface area contributed by atoms with Gasteiger partial charge in [-0.1, -0.05) is 6.42 Å². The number of morpholine rings is 1. The zero-order chi connectivity index (χ0) is 10.7. The molecular formula is C12H24N2O. The Morgan fingerprint density at radius 3 is 3.00 bits per heavy atom. The van der Waals surface area contributed by atoms with Gasteiger partial charge >= 0.3 is 0 Å². The Labute approximate surface area is 93.0 Å². The van der Waals surface area contributed by atoms with Gasteiger partial charge in [0.2, 0.25) is 0 Å². The number of rotatable bonds is 2. The number of nitrogens with zero attached hydrogens (tertiary/aromatic N) is 1. The maximum absolute atomic E-state index is 5.78.